The van der Waals surface area contributed by atoms with Gasteiger partial charge in [-0.2, -0.15) is 0 Å². The molecule has 1 fully saturated rings. The van der Waals surface area contributed by atoms with Crippen LogP contribution >= 0.6 is 0 Å². The van der Waals surface area contributed by atoms with Crippen LogP contribution in [0.25, 0.3) is 0 Å². The van der Waals surface area contributed by atoms with Crippen LogP contribution in [-0.4, -0.2) is 22.0 Å². The van der Waals surface area contributed by atoms with E-state index in [-0.39, 0.29) is 0 Å². The lowest BCUT2D eigenvalue weighted by molar-refractivity contribution is 0.478. The van der Waals surface area contributed by atoms with Gasteiger partial charge in [-0.05, 0) is 30.9 Å². The molecule has 94 valence electrons. The number of aromatic nitrogens is 3. The molecule has 1 aliphatic carbocycles. The minimum absolute atomic E-state index is 0.343. The van der Waals surface area contributed by atoms with Gasteiger partial charge in [0.05, 0.1) is 17.9 Å². The minimum atomic E-state index is 0.343. The molecule has 1 aromatic carbocycles. The lowest BCUT2D eigenvalue weighted by Gasteiger charge is -2.15. The zero-order valence-electron chi connectivity index (χ0n) is 10.7. The first kappa shape index (κ1) is 11.4. The van der Waals surface area contributed by atoms with Crippen LogP contribution in [0.3, 0.4) is 0 Å². The van der Waals surface area contributed by atoms with Gasteiger partial charge in [0, 0.05) is 7.05 Å². The Labute approximate surface area is 107 Å². The van der Waals surface area contributed by atoms with Crippen molar-refractivity contribution in [3.63, 3.8) is 0 Å². The smallest absolute Gasteiger partial charge is 0.0756 e. The van der Waals surface area contributed by atoms with Crippen molar-refractivity contribution in [2.75, 3.05) is 7.05 Å². The first-order chi connectivity index (χ1) is 8.81. The summed E-state index contributed by atoms with van der Waals surface area (Å²) in [7, 11) is 3.96. The van der Waals surface area contributed by atoms with Crippen molar-refractivity contribution in [1.82, 2.24) is 20.3 Å². The fraction of sp³-hybridized carbons (Fsp3) is 0.429. The summed E-state index contributed by atoms with van der Waals surface area (Å²) in [6.07, 6.45) is 3.10. The summed E-state index contributed by atoms with van der Waals surface area (Å²) >= 11 is 0. The molecular weight excluding hydrogens is 224 g/mol. The Balaban J connectivity index is 1.79. The van der Waals surface area contributed by atoms with Crippen molar-refractivity contribution < 1.29 is 0 Å². The van der Waals surface area contributed by atoms with E-state index in [9.17, 15) is 0 Å². The molecule has 1 heterocycles. The summed E-state index contributed by atoms with van der Waals surface area (Å²) in [5.41, 5.74) is 2.61. The molecule has 2 aromatic rings. The summed E-state index contributed by atoms with van der Waals surface area (Å²) in [6, 6.07) is 11.1. The fourth-order valence-corrected chi connectivity index (χ4v) is 2.83. The molecule has 3 unspecified atom stereocenters. The molecular formula is C14H18N4. The Hall–Kier alpha value is -1.68. The zero-order chi connectivity index (χ0) is 12.5. The molecule has 0 aliphatic heterocycles. The van der Waals surface area contributed by atoms with E-state index in [1.54, 1.807) is 0 Å². The summed E-state index contributed by atoms with van der Waals surface area (Å²) < 4.78 is 1.86. The van der Waals surface area contributed by atoms with E-state index < -0.39 is 0 Å². The topological polar surface area (TPSA) is 42.7 Å². The standard InChI is InChI=1S/C14H18N4/c1-15-14(13-9-16-17-18(13)2)12-8-11(12)10-6-4-3-5-7-10/h3-7,9,11-12,14-15H,8H2,1-2H3. The van der Waals surface area contributed by atoms with Crippen molar-refractivity contribution in [3.8, 4) is 0 Å². The third-order valence-electron chi connectivity index (χ3n) is 3.87. The van der Waals surface area contributed by atoms with Gasteiger partial charge in [-0.25, -0.2) is 0 Å². The van der Waals surface area contributed by atoms with Gasteiger partial charge in [-0.1, -0.05) is 35.5 Å². The molecule has 18 heavy (non-hydrogen) atoms. The molecule has 1 N–H and O–H groups in total. The lowest BCUT2D eigenvalue weighted by atomic mass is 10.0. The Morgan fingerprint density at radius 3 is 2.72 bits per heavy atom. The van der Waals surface area contributed by atoms with Crippen molar-refractivity contribution in [3.05, 3.63) is 47.8 Å². The molecule has 1 aromatic heterocycles. The lowest BCUT2D eigenvalue weighted by Crippen LogP contribution is -2.21. The Morgan fingerprint density at radius 1 is 1.33 bits per heavy atom. The maximum atomic E-state index is 4.02. The van der Waals surface area contributed by atoms with Crippen molar-refractivity contribution >= 4 is 0 Å². The van der Waals surface area contributed by atoms with Crippen LogP contribution in [-0.2, 0) is 7.05 Å². The van der Waals surface area contributed by atoms with Crippen LogP contribution in [0.15, 0.2) is 36.5 Å². The predicted octanol–water partition coefficient (Wildman–Crippen LogP) is 1.88. The second-order valence-corrected chi connectivity index (χ2v) is 4.97. The molecule has 1 saturated carbocycles. The van der Waals surface area contributed by atoms with Crippen LogP contribution < -0.4 is 5.32 Å². The molecule has 0 radical (unpaired) electrons. The third kappa shape index (κ3) is 1.93. The molecule has 0 bridgehead atoms. The number of nitrogens with zero attached hydrogens (tertiary/aromatic N) is 3. The Kier molecular flexibility index (Phi) is 2.88. The number of hydrogen-bond acceptors (Lipinski definition) is 3. The predicted molar refractivity (Wildman–Crippen MR) is 70.1 cm³/mol. The molecule has 0 amide bonds. The first-order valence-corrected chi connectivity index (χ1v) is 6.38. The zero-order valence-corrected chi connectivity index (χ0v) is 10.7. The summed E-state index contributed by atoms with van der Waals surface area (Å²) in [6.45, 7) is 0. The van der Waals surface area contributed by atoms with E-state index in [0.29, 0.717) is 17.9 Å². The number of rotatable bonds is 4. The fourth-order valence-electron chi connectivity index (χ4n) is 2.83. The molecule has 3 rings (SSSR count). The van der Waals surface area contributed by atoms with Gasteiger partial charge >= 0.3 is 0 Å². The van der Waals surface area contributed by atoms with Crippen LogP contribution in [0.5, 0.6) is 0 Å². The Bertz CT molecular complexity index is 520. The van der Waals surface area contributed by atoms with E-state index in [4.69, 9.17) is 0 Å². The molecule has 3 atom stereocenters. The van der Waals surface area contributed by atoms with E-state index in [2.05, 4.69) is 46.0 Å². The first-order valence-electron chi connectivity index (χ1n) is 6.38. The van der Waals surface area contributed by atoms with Crippen LogP contribution in [0.4, 0.5) is 0 Å². The van der Waals surface area contributed by atoms with Crippen LogP contribution in [0, 0.1) is 5.92 Å². The van der Waals surface area contributed by atoms with Crippen molar-refractivity contribution in [2.45, 2.75) is 18.4 Å². The summed E-state index contributed by atoms with van der Waals surface area (Å²) in [5, 5.41) is 11.4. The summed E-state index contributed by atoms with van der Waals surface area (Å²) in [5.74, 6) is 1.31. The quantitative estimate of drug-likeness (QED) is 0.890. The molecule has 4 heteroatoms. The highest BCUT2D eigenvalue weighted by Crippen LogP contribution is 2.53. The third-order valence-corrected chi connectivity index (χ3v) is 3.87. The van der Waals surface area contributed by atoms with Gasteiger partial charge in [0.15, 0.2) is 0 Å². The second-order valence-electron chi connectivity index (χ2n) is 4.97. The summed E-state index contributed by atoms with van der Waals surface area (Å²) in [4.78, 5) is 0. The van der Waals surface area contributed by atoms with E-state index in [1.807, 2.05) is 25.0 Å². The van der Waals surface area contributed by atoms with E-state index in [1.165, 1.54) is 17.7 Å². The average Bonchev–Trinajstić information content (AvgIpc) is 3.08. The number of nitrogens with one attached hydrogen (secondary N) is 1. The van der Waals surface area contributed by atoms with Gasteiger partial charge in [-0.15, -0.1) is 5.10 Å². The SMILES string of the molecule is CNC(c1cnnn1C)C1CC1c1ccccc1. The van der Waals surface area contributed by atoms with E-state index >= 15 is 0 Å². The van der Waals surface area contributed by atoms with Gasteiger partial charge in [0.2, 0.25) is 0 Å². The monoisotopic (exact) mass is 242 g/mol. The van der Waals surface area contributed by atoms with Gasteiger partial charge in [0.1, 0.15) is 0 Å². The highest BCUT2D eigenvalue weighted by molar-refractivity contribution is 5.28. The van der Waals surface area contributed by atoms with Gasteiger partial charge < -0.3 is 5.32 Å². The van der Waals surface area contributed by atoms with Crippen molar-refractivity contribution in [1.29, 1.82) is 0 Å². The molecule has 4 nitrogen and oxygen atoms in total. The van der Waals surface area contributed by atoms with Crippen LogP contribution in [0.1, 0.15) is 29.6 Å². The average molecular weight is 242 g/mol. The van der Waals surface area contributed by atoms with Gasteiger partial charge in [-0.3, -0.25) is 4.68 Å². The maximum absolute atomic E-state index is 4.02. The molecule has 1 aliphatic rings. The second kappa shape index (κ2) is 4.53. The van der Waals surface area contributed by atoms with Gasteiger partial charge in [0.25, 0.3) is 0 Å². The molecule has 0 saturated heterocycles. The Morgan fingerprint density at radius 2 is 2.11 bits per heavy atom. The number of benzene rings is 1. The minimum Gasteiger partial charge on any atom is -0.311 e. The van der Waals surface area contributed by atoms with E-state index in [0.717, 1.165) is 0 Å². The van der Waals surface area contributed by atoms with Crippen molar-refractivity contribution in [2.24, 2.45) is 13.0 Å². The highest BCUT2D eigenvalue weighted by Gasteiger charge is 2.44. The maximum Gasteiger partial charge on any atom is 0.0756 e. The largest absolute Gasteiger partial charge is 0.311 e. The highest BCUT2D eigenvalue weighted by atomic mass is 15.4. The number of aryl methyl sites for hydroxylation is 1. The van der Waals surface area contributed by atoms with Crippen LogP contribution in [0.2, 0.25) is 0 Å². The number of hydrogen-bond donors (Lipinski definition) is 1. The molecule has 0 spiro atoms. The normalized spacial score (nSPS) is 23.9.